The van der Waals surface area contributed by atoms with Crippen molar-refractivity contribution < 1.29 is 19.4 Å². The third-order valence-corrected chi connectivity index (χ3v) is 6.60. The molecule has 2 amide bonds. The molecule has 4 rings (SSSR count). The number of nitrogens with one attached hydrogen (secondary N) is 1. The number of likely N-dealkylation sites (N-methyl/N-ethyl adjacent to an activating group) is 1. The first kappa shape index (κ1) is 29.7. The lowest BCUT2D eigenvalue weighted by molar-refractivity contribution is -0.117. The van der Waals surface area contributed by atoms with E-state index in [9.17, 15) is 14.7 Å². The molecule has 1 saturated heterocycles. The van der Waals surface area contributed by atoms with Crippen molar-refractivity contribution in [1.82, 2.24) is 4.90 Å². The van der Waals surface area contributed by atoms with Gasteiger partial charge in [0.2, 0.25) is 5.91 Å². The lowest BCUT2D eigenvalue weighted by atomic mass is 10.00. The highest BCUT2D eigenvalue weighted by Crippen LogP contribution is 2.32. The van der Waals surface area contributed by atoms with Crippen molar-refractivity contribution in [2.75, 3.05) is 54.4 Å². The monoisotopic (exact) mass is 538 g/mol. The number of nitrogens with zero attached hydrogens (tertiary/aromatic N) is 3. The summed E-state index contributed by atoms with van der Waals surface area (Å²) in [5.74, 6) is -0.0490. The van der Waals surface area contributed by atoms with Gasteiger partial charge in [0.15, 0.2) is 0 Å². The van der Waals surface area contributed by atoms with Gasteiger partial charge in [-0.3, -0.25) is 14.6 Å². The number of anilines is 3. The van der Waals surface area contributed by atoms with Gasteiger partial charge in [-0.25, -0.2) is 4.79 Å². The molecule has 0 bridgehead atoms. The minimum atomic E-state index is -0.281. The maximum atomic E-state index is 12.6. The summed E-state index contributed by atoms with van der Waals surface area (Å²) in [6.07, 6.45) is 1.31. The van der Waals surface area contributed by atoms with Gasteiger partial charge in [-0.2, -0.15) is 0 Å². The number of hydrogen-bond donors (Lipinski definition) is 2. The molecule has 8 nitrogen and oxygen atoms in total. The summed E-state index contributed by atoms with van der Waals surface area (Å²) < 4.78 is 5.42. The summed E-state index contributed by atoms with van der Waals surface area (Å²) in [7, 11) is 0. The molecule has 0 saturated carbocycles. The molecule has 0 spiro atoms. The van der Waals surface area contributed by atoms with E-state index in [2.05, 4.69) is 21.2 Å². The second-order valence-corrected chi connectivity index (χ2v) is 8.96. The molecule has 0 atom stereocenters. The summed E-state index contributed by atoms with van der Waals surface area (Å²) >= 11 is 0. The summed E-state index contributed by atoms with van der Waals surface area (Å²) in [6, 6.07) is 13.9. The Morgan fingerprint density at radius 1 is 1.14 bits per heavy atom. The van der Waals surface area contributed by atoms with E-state index in [4.69, 9.17) is 4.74 Å². The van der Waals surface area contributed by atoms with E-state index >= 15 is 0 Å². The van der Waals surface area contributed by atoms with Crippen LogP contribution >= 0.6 is 24.8 Å². The summed E-state index contributed by atoms with van der Waals surface area (Å²) in [5.41, 5.74) is 4.92. The number of hydrogen-bond acceptors (Lipinski definition) is 6. The fraction of sp³-hybridized carbons (Fsp3) is 0.462. The first-order chi connectivity index (χ1) is 16.5. The molecule has 198 valence electrons. The minimum absolute atomic E-state index is 0. The van der Waals surface area contributed by atoms with Crippen LogP contribution in [0.1, 0.15) is 30.9 Å². The van der Waals surface area contributed by atoms with E-state index in [0.717, 1.165) is 60.7 Å². The predicted octanol–water partition coefficient (Wildman–Crippen LogP) is 4.22. The smallest absolute Gasteiger partial charge is 0.414 e. The number of rotatable bonds is 8. The second-order valence-electron chi connectivity index (χ2n) is 8.96. The first-order valence-electron chi connectivity index (χ1n) is 12.0. The highest BCUT2D eigenvalue weighted by Gasteiger charge is 2.34. The van der Waals surface area contributed by atoms with E-state index in [-0.39, 0.29) is 49.5 Å². The maximum Gasteiger partial charge on any atom is 0.414 e. The molecule has 2 aromatic carbocycles. The molecule has 36 heavy (non-hydrogen) atoms. The highest BCUT2D eigenvalue weighted by atomic mass is 35.5. The number of ether oxygens (including phenoxy) is 1. The maximum absolute atomic E-state index is 12.6. The van der Waals surface area contributed by atoms with E-state index in [1.807, 2.05) is 50.2 Å². The van der Waals surface area contributed by atoms with E-state index in [0.29, 0.717) is 19.7 Å². The molecule has 2 aromatic rings. The number of fused-ring (bicyclic) bond motifs is 1. The predicted molar refractivity (Wildman–Crippen MR) is 148 cm³/mol. The third-order valence-electron chi connectivity index (χ3n) is 6.60. The van der Waals surface area contributed by atoms with Crippen LogP contribution in [-0.4, -0.2) is 67.4 Å². The number of benzene rings is 2. The van der Waals surface area contributed by atoms with Crippen molar-refractivity contribution >= 4 is 53.9 Å². The van der Waals surface area contributed by atoms with Crippen molar-refractivity contribution in [1.29, 1.82) is 0 Å². The summed E-state index contributed by atoms with van der Waals surface area (Å²) in [5, 5.41) is 12.2. The van der Waals surface area contributed by atoms with Gasteiger partial charge in [-0.15, -0.1) is 24.8 Å². The molecule has 10 heteroatoms. The number of aliphatic hydroxyl groups is 1. The van der Waals surface area contributed by atoms with Crippen LogP contribution < -0.4 is 15.1 Å². The van der Waals surface area contributed by atoms with Crippen LogP contribution in [0.3, 0.4) is 0 Å². The lowest BCUT2D eigenvalue weighted by Crippen LogP contribution is -2.50. The summed E-state index contributed by atoms with van der Waals surface area (Å²) in [6.45, 7) is 7.71. The Morgan fingerprint density at radius 3 is 2.47 bits per heavy atom. The molecular formula is C26H36Cl2N4O4. The second kappa shape index (κ2) is 13.7. The minimum Gasteiger partial charge on any atom is -0.444 e. The van der Waals surface area contributed by atoms with Gasteiger partial charge in [0.1, 0.15) is 6.61 Å². The SMILES string of the molecule is CCN(CCO)c1ccc(NC(=O)CN2CCC(N3C(=O)OCc4cc(C)ccc43)CC2)cc1.Cl.Cl. The van der Waals surface area contributed by atoms with Gasteiger partial charge >= 0.3 is 6.09 Å². The number of aliphatic hydroxyl groups excluding tert-OH is 1. The molecule has 0 radical (unpaired) electrons. The number of halogens is 2. The Kier molecular flexibility index (Phi) is 11.3. The summed E-state index contributed by atoms with van der Waals surface area (Å²) in [4.78, 5) is 31.2. The highest BCUT2D eigenvalue weighted by molar-refractivity contribution is 5.93. The molecule has 2 aliphatic heterocycles. The molecular weight excluding hydrogens is 503 g/mol. The van der Waals surface area contributed by atoms with E-state index in [1.54, 1.807) is 4.90 Å². The zero-order valence-corrected chi connectivity index (χ0v) is 22.4. The zero-order chi connectivity index (χ0) is 24.1. The van der Waals surface area contributed by atoms with Gasteiger partial charge in [0.05, 0.1) is 18.8 Å². The average Bonchev–Trinajstić information content (AvgIpc) is 2.84. The van der Waals surface area contributed by atoms with Crippen LogP contribution in [0.5, 0.6) is 0 Å². The number of likely N-dealkylation sites (tertiary alicyclic amines) is 1. The topological polar surface area (TPSA) is 85.4 Å². The Bertz CT molecular complexity index is 1010. The molecule has 2 heterocycles. The number of aryl methyl sites for hydroxylation is 1. The van der Waals surface area contributed by atoms with Crippen molar-refractivity contribution in [3.8, 4) is 0 Å². The van der Waals surface area contributed by atoms with Gasteiger partial charge in [0, 0.05) is 49.2 Å². The van der Waals surface area contributed by atoms with Crippen molar-refractivity contribution in [2.24, 2.45) is 0 Å². The van der Waals surface area contributed by atoms with Gasteiger partial charge < -0.3 is 20.1 Å². The van der Waals surface area contributed by atoms with Crippen LogP contribution in [0.25, 0.3) is 0 Å². The lowest BCUT2D eigenvalue weighted by Gasteiger charge is -2.40. The average molecular weight is 540 g/mol. The number of cyclic esters (lactones) is 1. The van der Waals surface area contributed by atoms with Crippen molar-refractivity contribution in [3.05, 3.63) is 53.6 Å². The molecule has 0 aliphatic carbocycles. The Morgan fingerprint density at radius 2 is 1.83 bits per heavy atom. The van der Waals surface area contributed by atoms with Crippen LogP contribution in [-0.2, 0) is 16.1 Å². The number of carbonyl (C=O) groups is 2. The Balaban J connectivity index is 0.00000228. The molecule has 1 fully saturated rings. The van der Waals surface area contributed by atoms with Crippen LogP contribution in [0.15, 0.2) is 42.5 Å². The number of piperidine rings is 1. The molecule has 0 aromatic heterocycles. The third kappa shape index (κ3) is 7.03. The zero-order valence-electron chi connectivity index (χ0n) is 20.8. The van der Waals surface area contributed by atoms with Crippen molar-refractivity contribution in [2.45, 2.75) is 39.3 Å². The Labute approximate surface area is 225 Å². The van der Waals surface area contributed by atoms with Crippen LogP contribution in [0.2, 0.25) is 0 Å². The number of amides is 2. The normalized spacial score (nSPS) is 15.8. The van der Waals surface area contributed by atoms with Gasteiger partial charge in [-0.1, -0.05) is 17.7 Å². The molecule has 2 N–H and O–H groups in total. The molecule has 2 aliphatic rings. The quantitative estimate of drug-likeness (QED) is 0.523. The fourth-order valence-corrected chi connectivity index (χ4v) is 4.80. The standard InChI is InChI=1S/C26H34N4O4.2ClH/c1-3-29(14-15-31)22-7-5-21(6-8-22)27-25(32)17-28-12-10-23(11-13-28)30-24-9-4-19(2)16-20(24)18-34-26(30)33;;/h4-9,16,23,31H,3,10-15,17-18H2,1-2H3,(H,27,32);2*1H. The van der Waals surface area contributed by atoms with E-state index < -0.39 is 0 Å². The van der Waals surface area contributed by atoms with E-state index in [1.165, 1.54) is 0 Å². The van der Waals surface area contributed by atoms with Gasteiger partial charge in [0.25, 0.3) is 0 Å². The number of carbonyl (C=O) groups excluding carboxylic acids is 2. The Hall–Kier alpha value is -2.52. The first-order valence-corrected chi connectivity index (χ1v) is 12.0. The van der Waals surface area contributed by atoms with Gasteiger partial charge in [-0.05, 0) is 57.0 Å². The van der Waals surface area contributed by atoms with Crippen LogP contribution in [0.4, 0.5) is 21.9 Å². The van der Waals surface area contributed by atoms with Crippen molar-refractivity contribution in [3.63, 3.8) is 0 Å². The molecule has 0 unspecified atom stereocenters. The largest absolute Gasteiger partial charge is 0.444 e. The van der Waals surface area contributed by atoms with Crippen LogP contribution in [0, 0.1) is 6.92 Å². The fourth-order valence-electron chi connectivity index (χ4n) is 4.80.